The summed E-state index contributed by atoms with van der Waals surface area (Å²) in [6, 6.07) is 10.2. The molecular formula is C19H22N2O3. The van der Waals surface area contributed by atoms with Gasteiger partial charge >= 0.3 is 5.97 Å². The number of rotatable bonds is 4. The van der Waals surface area contributed by atoms with Crippen LogP contribution in [0.25, 0.3) is 0 Å². The molecule has 0 fully saturated rings. The average Bonchev–Trinajstić information content (AvgIpc) is 2.58. The number of hydrogen-bond acceptors (Lipinski definition) is 4. The molecule has 0 aliphatic carbocycles. The molecule has 1 amide bonds. The molecule has 0 N–H and O–H groups in total. The number of anilines is 1. The van der Waals surface area contributed by atoms with Crippen LogP contribution in [0.15, 0.2) is 48.8 Å². The summed E-state index contributed by atoms with van der Waals surface area (Å²) in [6.07, 6.45) is 3.33. The molecule has 0 spiro atoms. The second kappa shape index (κ2) is 7.25. The highest BCUT2D eigenvalue weighted by atomic mass is 16.5. The van der Waals surface area contributed by atoms with E-state index in [0.29, 0.717) is 17.7 Å². The molecule has 1 aromatic carbocycles. The van der Waals surface area contributed by atoms with Crippen molar-refractivity contribution in [1.82, 2.24) is 4.98 Å². The zero-order valence-corrected chi connectivity index (χ0v) is 14.4. The van der Waals surface area contributed by atoms with E-state index >= 15 is 0 Å². The first-order chi connectivity index (χ1) is 11.3. The van der Waals surface area contributed by atoms with Gasteiger partial charge in [-0.15, -0.1) is 0 Å². The monoisotopic (exact) mass is 326 g/mol. The van der Waals surface area contributed by atoms with Crippen LogP contribution in [0.3, 0.4) is 0 Å². The SMILES string of the molecule is COC(=O)c1cccc(C(=O)N(CC(C)(C)C)c2cccnc2)c1. The Bertz CT molecular complexity index is 721. The predicted octanol–water partition coefficient (Wildman–Crippen LogP) is 3.56. The molecular weight excluding hydrogens is 304 g/mol. The molecule has 0 radical (unpaired) electrons. The maximum atomic E-state index is 13.0. The fourth-order valence-corrected chi connectivity index (χ4v) is 2.32. The second-order valence-electron chi connectivity index (χ2n) is 6.74. The third kappa shape index (κ3) is 4.41. The minimum Gasteiger partial charge on any atom is -0.465 e. The third-order valence-corrected chi connectivity index (χ3v) is 3.37. The van der Waals surface area contributed by atoms with E-state index in [1.54, 1.807) is 47.6 Å². The first-order valence-corrected chi connectivity index (χ1v) is 7.72. The van der Waals surface area contributed by atoms with Crippen LogP contribution in [0.4, 0.5) is 5.69 Å². The minimum atomic E-state index is -0.464. The summed E-state index contributed by atoms with van der Waals surface area (Å²) < 4.78 is 4.72. The van der Waals surface area contributed by atoms with Gasteiger partial charge in [0, 0.05) is 18.3 Å². The summed E-state index contributed by atoms with van der Waals surface area (Å²) in [7, 11) is 1.32. The van der Waals surface area contributed by atoms with Gasteiger partial charge in [-0.1, -0.05) is 26.8 Å². The Balaban J connectivity index is 2.39. The zero-order valence-electron chi connectivity index (χ0n) is 14.4. The first-order valence-electron chi connectivity index (χ1n) is 7.72. The summed E-state index contributed by atoms with van der Waals surface area (Å²) >= 11 is 0. The summed E-state index contributed by atoms with van der Waals surface area (Å²) in [5, 5.41) is 0. The highest BCUT2D eigenvalue weighted by molar-refractivity contribution is 6.07. The van der Waals surface area contributed by atoms with Gasteiger partial charge < -0.3 is 9.64 Å². The Morgan fingerprint density at radius 3 is 2.42 bits per heavy atom. The lowest BCUT2D eigenvalue weighted by Crippen LogP contribution is -2.38. The Kier molecular flexibility index (Phi) is 5.34. The van der Waals surface area contributed by atoms with Crippen LogP contribution >= 0.6 is 0 Å². The Morgan fingerprint density at radius 1 is 1.12 bits per heavy atom. The number of carbonyl (C=O) groups is 2. The van der Waals surface area contributed by atoms with Crippen LogP contribution in [0.1, 0.15) is 41.5 Å². The van der Waals surface area contributed by atoms with E-state index < -0.39 is 5.97 Å². The molecule has 2 aromatic rings. The molecule has 5 nitrogen and oxygen atoms in total. The van der Waals surface area contributed by atoms with Gasteiger partial charge in [-0.2, -0.15) is 0 Å². The standard InChI is InChI=1S/C19H22N2O3/c1-19(2,3)13-21(16-9-6-10-20-12-16)17(22)14-7-5-8-15(11-14)18(23)24-4/h5-12H,13H2,1-4H3. The summed E-state index contributed by atoms with van der Waals surface area (Å²) in [6.45, 7) is 6.72. The maximum Gasteiger partial charge on any atom is 0.337 e. The lowest BCUT2D eigenvalue weighted by Gasteiger charge is -2.30. The lowest BCUT2D eigenvalue weighted by molar-refractivity contribution is 0.0600. The van der Waals surface area contributed by atoms with E-state index in [1.165, 1.54) is 7.11 Å². The van der Waals surface area contributed by atoms with Crippen molar-refractivity contribution in [3.05, 3.63) is 59.9 Å². The second-order valence-corrected chi connectivity index (χ2v) is 6.74. The topological polar surface area (TPSA) is 59.5 Å². The van der Waals surface area contributed by atoms with Crippen LogP contribution in [0.5, 0.6) is 0 Å². The first kappa shape index (κ1) is 17.7. The lowest BCUT2D eigenvalue weighted by atomic mass is 9.95. The van der Waals surface area contributed by atoms with Crippen molar-refractivity contribution in [1.29, 1.82) is 0 Å². The van der Waals surface area contributed by atoms with Crippen LogP contribution in [-0.2, 0) is 4.74 Å². The molecule has 0 bridgehead atoms. The van der Waals surface area contributed by atoms with Crippen molar-refractivity contribution in [3.63, 3.8) is 0 Å². The molecule has 0 saturated carbocycles. The Hall–Kier alpha value is -2.69. The van der Waals surface area contributed by atoms with E-state index in [9.17, 15) is 9.59 Å². The van der Waals surface area contributed by atoms with Crippen molar-refractivity contribution in [2.75, 3.05) is 18.6 Å². The van der Waals surface area contributed by atoms with Gasteiger partial charge in [-0.3, -0.25) is 9.78 Å². The van der Waals surface area contributed by atoms with E-state index in [-0.39, 0.29) is 11.3 Å². The van der Waals surface area contributed by atoms with Crippen LogP contribution in [0.2, 0.25) is 0 Å². The molecule has 2 rings (SSSR count). The highest BCUT2D eigenvalue weighted by Crippen LogP contribution is 2.23. The number of esters is 1. The van der Waals surface area contributed by atoms with E-state index in [0.717, 1.165) is 5.69 Å². The number of aromatic nitrogens is 1. The summed E-state index contributed by atoms with van der Waals surface area (Å²) in [5.41, 5.74) is 1.42. The average molecular weight is 326 g/mol. The number of nitrogens with zero attached hydrogens (tertiary/aromatic N) is 2. The minimum absolute atomic E-state index is 0.0918. The fourth-order valence-electron chi connectivity index (χ4n) is 2.32. The van der Waals surface area contributed by atoms with Gasteiger partial charge in [0.15, 0.2) is 0 Å². The van der Waals surface area contributed by atoms with Crippen molar-refractivity contribution in [2.24, 2.45) is 5.41 Å². The predicted molar refractivity (Wildman–Crippen MR) is 93.2 cm³/mol. The number of ether oxygens (including phenoxy) is 1. The fraction of sp³-hybridized carbons (Fsp3) is 0.316. The quantitative estimate of drug-likeness (QED) is 0.806. The van der Waals surface area contributed by atoms with Gasteiger partial charge in [-0.05, 0) is 35.7 Å². The molecule has 0 unspecified atom stereocenters. The molecule has 0 atom stereocenters. The normalized spacial score (nSPS) is 11.0. The Labute approximate surface area is 142 Å². The van der Waals surface area contributed by atoms with Gasteiger partial charge in [-0.25, -0.2) is 4.79 Å². The third-order valence-electron chi connectivity index (χ3n) is 3.37. The van der Waals surface area contributed by atoms with Crippen molar-refractivity contribution in [3.8, 4) is 0 Å². The largest absolute Gasteiger partial charge is 0.465 e. The Morgan fingerprint density at radius 2 is 1.83 bits per heavy atom. The van der Waals surface area contributed by atoms with Crippen molar-refractivity contribution in [2.45, 2.75) is 20.8 Å². The molecule has 24 heavy (non-hydrogen) atoms. The number of hydrogen-bond donors (Lipinski definition) is 0. The molecule has 0 aliphatic heterocycles. The maximum absolute atomic E-state index is 13.0. The molecule has 126 valence electrons. The van der Waals surface area contributed by atoms with Crippen LogP contribution in [-0.4, -0.2) is 30.5 Å². The number of carbonyl (C=O) groups excluding carboxylic acids is 2. The summed E-state index contributed by atoms with van der Waals surface area (Å²) in [5.74, 6) is -0.642. The number of amides is 1. The van der Waals surface area contributed by atoms with Crippen molar-refractivity contribution < 1.29 is 14.3 Å². The van der Waals surface area contributed by atoms with E-state index in [1.807, 2.05) is 6.07 Å². The molecule has 1 aromatic heterocycles. The number of benzene rings is 1. The summed E-state index contributed by atoms with van der Waals surface area (Å²) in [4.78, 5) is 30.5. The van der Waals surface area contributed by atoms with Crippen molar-refractivity contribution >= 4 is 17.6 Å². The van der Waals surface area contributed by atoms with E-state index in [4.69, 9.17) is 4.74 Å². The molecule has 5 heteroatoms. The number of methoxy groups -OCH3 is 1. The smallest absolute Gasteiger partial charge is 0.337 e. The van der Waals surface area contributed by atoms with Gasteiger partial charge in [0.05, 0.1) is 24.6 Å². The van der Waals surface area contributed by atoms with Crippen LogP contribution < -0.4 is 4.90 Å². The van der Waals surface area contributed by atoms with Gasteiger partial charge in [0.25, 0.3) is 5.91 Å². The van der Waals surface area contributed by atoms with E-state index in [2.05, 4.69) is 25.8 Å². The van der Waals surface area contributed by atoms with Gasteiger partial charge in [0.1, 0.15) is 0 Å². The van der Waals surface area contributed by atoms with Crippen LogP contribution in [0, 0.1) is 5.41 Å². The zero-order chi connectivity index (χ0) is 17.7. The highest BCUT2D eigenvalue weighted by Gasteiger charge is 2.24. The van der Waals surface area contributed by atoms with Gasteiger partial charge in [0.2, 0.25) is 0 Å². The molecule has 1 heterocycles. The number of pyridine rings is 1. The molecule has 0 aliphatic rings. The molecule has 0 saturated heterocycles.